The Labute approximate surface area is 120 Å². The van der Waals surface area contributed by atoms with E-state index >= 15 is 0 Å². The van der Waals surface area contributed by atoms with Gasteiger partial charge in [-0.05, 0) is 44.6 Å². The second-order valence-electron chi connectivity index (χ2n) is 5.15. The highest BCUT2D eigenvalue weighted by Gasteiger charge is 2.13. The second kappa shape index (κ2) is 7.08. The number of likely N-dealkylation sites (tertiary alicyclic amines) is 1. The molecule has 0 unspecified atom stereocenters. The molecule has 0 spiro atoms. The van der Waals surface area contributed by atoms with Crippen molar-refractivity contribution in [2.75, 3.05) is 45.2 Å². The smallest absolute Gasteiger partial charge is 0.147 e. The van der Waals surface area contributed by atoms with Gasteiger partial charge in [-0.3, -0.25) is 0 Å². The first-order valence-electron chi connectivity index (χ1n) is 6.93. The predicted octanol–water partition coefficient (Wildman–Crippen LogP) is 1.99. The maximum absolute atomic E-state index is 6.31. The number of nitrogens with one attached hydrogen (secondary N) is 1. The van der Waals surface area contributed by atoms with Crippen LogP contribution in [0.3, 0.4) is 0 Å². The van der Waals surface area contributed by atoms with E-state index in [4.69, 9.17) is 11.6 Å². The molecule has 106 valence electrons. The molecule has 0 bridgehead atoms. The lowest BCUT2D eigenvalue weighted by atomic mass is 10.2. The van der Waals surface area contributed by atoms with Crippen LogP contribution in [0.25, 0.3) is 0 Å². The van der Waals surface area contributed by atoms with Gasteiger partial charge in [-0.1, -0.05) is 11.6 Å². The minimum Gasteiger partial charge on any atom is -0.357 e. The van der Waals surface area contributed by atoms with Crippen molar-refractivity contribution in [3.8, 4) is 0 Å². The molecule has 5 heteroatoms. The Morgan fingerprint density at radius 1 is 1.42 bits per heavy atom. The molecule has 19 heavy (non-hydrogen) atoms. The van der Waals surface area contributed by atoms with E-state index in [0.717, 1.165) is 36.0 Å². The summed E-state index contributed by atoms with van der Waals surface area (Å²) < 4.78 is 0. The topological polar surface area (TPSA) is 31.4 Å². The van der Waals surface area contributed by atoms with Crippen LogP contribution in [0.15, 0.2) is 12.3 Å². The van der Waals surface area contributed by atoms with Crippen molar-refractivity contribution < 1.29 is 0 Å². The van der Waals surface area contributed by atoms with Crippen molar-refractivity contribution in [2.24, 2.45) is 0 Å². The van der Waals surface area contributed by atoms with Gasteiger partial charge < -0.3 is 15.1 Å². The van der Waals surface area contributed by atoms with Gasteiger partial charge in [0, 0.05) is 32.9 Å². The minimum absolute atomic E-state index is 0.733. The molecule has 0 atom stereocenters. The van der Waals surface area contributed by atoms with E-state index in [1.807, 2.05) is 19.3 Å². The number of pyridine rings is 1. The average Bonchev–Trinajstić information content (AvgIpc) is 2.89. The third-order valence-corrected chi connectivity index (χ3v) is 3.85. The Morgan fingerprint density at radius 2 is 2.16 bits per heavy atom. The van der Waals surface area contributed by atoms with Gasteiger partial charge in [0.1, 0.15) is 5.82 Å². The van der Waals surface area contributed by atoms with E-state index in [0.29, 0.717) is 0 Å². The number of halogens is 1. The summed E-state index contributed by atoms with van der Waals surface area (Å²) in [6.07, 6.45) is 4.56. The first kappa shape index (κ1) is 14.6. The van der Waals surface area contributed by atoms with Crippen LogP contribution in [0.2, 0.25) is 5.02 Å². The lowest BCUT2D eigenvalue weighted by Gasteiger charge is -2.23. The van der Waals surface area contributed by atoms with Gasteiger partial charge >= 0.3 is 0 Å². The number of aromatic nitrogens is 1. The Kier molecular flexibility index (Phi) is 5.43. The zero-order valence-corrected chi connectivity index (χ0v) is 12.6. The molecule has 2 rings (SSSR count). The molecule has 1 aromatic heterocycles. The molecule has 2 heterocycles. The van der Waals surface area contributed by atoms with E-state index in [-0.39, 0.29) is 0 Å². The number of hydrogen-bond donors (Lipinski definition) is 1. The van der Waals surface area contributed by atoms with E-state index in [1.54, 1.807) is 0 Å². The SMILES string of the molecule is CNCc1cnc(N(C)CCN2CCCC2)c(Cl)c1. The van der Waals surface area contributed by atoms with Crippen LogP contribution in [0.5, 0.6) is 0 Å². The standard InChI is InChI=1S/C14H23ClN4/c1-16-10-12-9-13(15)14(17-11-12)18(2)7-8-19-5-3-4-6-19/h9,11,16H,3-8,10H2,1-2H3. The molecule has 1 aliphatic heterocycles. The fourth-order valence-corrected chi connectivity index (χ4v) is 2.79. The van der Waals surface area contributed by atoms with Crippen molar-refractivity contribution >= 4 is 17.4 Å². The fraction of sp³-hybridized carbons (Fsp3) is 0.643. The molecule has 0 radical (unpaired) electrons. The van der Waals surface area contributed by atoms with Gasteiger partial charge in [0.05, 0.1) is 5.02 Å². The van der Waals surface area contributed by atoms with Gasteiger partial charge in [-0.25, -0.2) is 4.98 Å². The van der Waals surface area contributed by atoms with Gasteiger partial charge in [0.2, 0.25) is 0 Å². The molecule has 1 N–H and O–H groups in total. The zero-order valence-electron chi connectivity index (χ0n) is 11.8. The largest absolute Gasteiger partial charge is 0.357 e. The molecule has 4 nitrogen and oxygen atoms in total. The quantitative estimate of drug-likeness (QED) is 0.865. The van der Waals surface area contributed by atoms with Crippen LogP contribution in [-0.4, -0.2) is 50.2 Å². The highest BCUT2D eigenvalue weighted by molar-refractivity contribution is 6.33. The monoisotopic (exact) mass is 282 g/mol. The molecule has 1 fully saturated rings. The molecular weight excluding hydrogens is 260 g/mol. The number of likely N-dealkylation sites (N-methyl/N-ethyl adjacent to an activating group) is 1. The van der Waals surface area contributed by atoms with E-state index in [9.17, 15) is 0 Å². The Morgan fingerprint density at radius 3 is 2.79 bits per heavy atom. The van der Waals surface area contributed by atoms with Crippen LogP contribution in [-0.2, 0) is 6.54 Å². The maximum Gasteiger partial charge on any atom is 0.147 e. The summed E-state index contributed by atoms with van der Waals surface area (Å²) in [6, 6.07) is 1.99. The minimum atomic E-state index is 0.733. The van der Waals surface area contributed by atoms with Gasteiger partial charge in [0.15, 0.2) is 0 Å². The molecule has 0 amide bonds. The zero-order chi connectivity index (χ0) is 13.7. The summed E-state index contributed by atoms with van der Waals surface area (Å²) in [7, 11) is 3.98. The third kappa shape index (κ3) is 4.06. The van der Waals surface area contributed by atoms with Gasteiger partial charge in [-0.2, -0.15) is 0 Å². The van der Waals surface area contributed by atoms with Gasteiger partial charge in [-0.15, -0.1) is 0 Å². The number of rotatable bonds is 6. The molecule has 1 saturated heterocycles. The van der Waals surface area contributed by atoms with E-state index < -0.39 is 0 Å². The lowest BCUT2D eigenvalue weighted by Crippen LogP contribution is -2.32. The van der Waals surface area contributed by atoms with Crippen LogP contribution in [0.1, 0.15) is 18.4 Å². The summed E-state index contributed by atoms with van der Waals surface area (Å²) in [5.41, 5.74) is 1.11. The average molecular weight is 283 g/mol. The van der Waals surface area contributed by atoms with Crippen molar-refractivity contribution in [1.82, 2.24) is 15.2 Å². The molecule has 0 aliphatic carbocycles. The fourth-order valence-electron chi connectivity index (χ4n) is 2.46. The number of anilines is 1. The Bertz CT molecular complexity index is 404. The number of hydrogen-bond acceptors (Lipinski definition) is 4. The highest BCUT2D eigenvalue weighted by Crippen LogP contribution is 2.23. The highest BCUT2D eigenvalue weighted by atomic mass is 35.5. The summed E-state index contributed by atoms with van der Waals surface area (Å²) in [5, 5.41) is 3.84. The summed E-state index contributed by atoms with van der Waals surface area (Å²) in [4.78, 5) is 9.12. The van der Waals surface area contributed by atoms with E-state index in [1.165, 1.54) is 25.9 Å². The van der Waals surface area contributed by atoms with E-state index in [2.05, 4.69) is 27.1 Å². The Balaban J connectivity index is 1.92. The van der Waals surface area contributed by atoms with Crippen molar-refractivity contribution in [1.29, 1.82) is 0 Å². The predicted molar refractivity (Wildman–Crippen MR) is 81.0 cm³/mol. The maximum atomic E-state index is 6.31. The van der Waals surface area contributed by atoms with Gasteiger partial charge in [0.25, 0.3) is 0 Å². The van der Waals surface area contributed by atoms with Crippen LogP contribution in [0.4, 0.5) is 5.82 Å². The van der Waals surface area contributed by atoms with Crippen LogP contribution >= 0.6 is 11.6 Å². The first-order chi connectivity index (χ1) is 9.20. The van der Waals surface area contributed by atoms with Crippen LogP contribution in [0, 0.1) is 0 Å². The van der Waals surface area contributed by atoms with Crippen LogP contribution < -0.4 is 10.2 Å². The lowest BCUT2D eigenvalue weighted by molar-refractivity contribution is 0.346. The first-order valence-corrected chi connectivity index (χ1v) is 7.31. The normalized spacial score (nSPS) is 15.9. The van der Waals surface area contributed by atoms with Crippen molar-refractivity contribution in [3.63, 3.8) is 0 Å². The molecule has 0 saturated carbocycles. The second-order valence-corrected chi connectivity index (χ2v) is 5.56. The summed E-state index contributed by atoms with van der Waals surface area (Å²) in [6.45, 7) is 5.32. The van der Waals surface area contributed by atoms with Crippen molar-refractivity contribution in [2.45, 2.75) is 19.4 Å². The molecule has 0 aromatic carbocycles. The third-order valence-electron chi connectivity index (χ3n) is 3.57. The number of nitrogens with zero attached hydrogens (tertiary/aromatic N) is 3. The molecule has 1 aliphatic rings. The summed E-state index contributed by atoms with van der Waals surface area (Å²) >= 11 is 6.31. The summed E-state index contributed by atoms with van der Waals surface area (Å²) in [5.74, 6) is 0.876. The van der Waals surface area contributed by atoms with Crippen molar-refractivity contribution in [3.05, 3.63) is 22.8 Å². The molecular formula is C14H23ClN4. The molecule has 1 aromatic rings. The Hall–Kier alpha value is -0.840.